The molecule has 0 spiro atoms. The van der Waals surface area contributed by atoms with Crippen molar-refractivity contribution in [3.05, 3.63) is 34.6 Å². The van der Waals surface area contributed by atoms with Gasteiger partial charge in [0, 0.05) is 11.6 Å². The highest BCUT2D eigenvalue weighted by Gasteiger charge is 2.26. The number of carbonyl (C=O) groups is 1. The Kier molecular flexibility index (Phi) is 5.42. The third-order valence-electron chi connectivity index (χ3n) is 4.61. The molecule has 0 unspecified atom stereocenters. The van der Waals surface area contributed by atoms with Crippen LogP contribution in [0.15, 0.2) is 34.2 Å². The summed E-state index contributed by atoms with van der Waals surface area (Å²) < 4.78 is 1.83. The van der Waals surface area contributed by atoms with Crippen molar-refractivity contribution in [1.82, 2.24) is 14.9 Å². The number of nitrogens with one attached hydrogen (secondary N) is 1. The van der Waals surface area contributed by atoms with Crippen LogP contribution in [-0.4, -0.2) is 26.2 Å². The van der Waals surface area contributed by atoms with Crippen LogP contribution in [-0.2, 0) is 4.79 Å². The van der Waals surface area contributed by atoms with E-state index in [2.05, 4.69) is 5.32 Å². The van der Waals surface area contributed by atoms with Crippen LogP contribution in [0.1, 0.15) is 59.4 Å². The van der Waals surface area contributed by atoms with Gasteiger partial charge in [0.05, 0.1) is 16.2 Å². The van der Waals surface area contributed by atoms with Crippen molar-refractivity contribution in [2.75, 3.05) is 0 Å². The maximum Gasteiger partial charge on any atom is 0.262 e. The van der Waals surface area contributed by atoms with E-state index in [0.29, 0.717) is 16.1 Å². The number of thioether (sulfide) groups is 1. The van der Waals surface area contributed by atoms with Crippen LogP contribution < -0.4 is 10.9 Å². The number of hydrogen-bond acceptors (Lipinski definition) is 4. The number of hydrogen-bond donors (Lipinski definition) is 1. The van der Waals surface area contributed by atoms with Crippen molar-refractivity contribution in [2.24, 2.45) is 0 Å². The molecule has 6 heteroatoms. The lowest BCUT2D eigenvalue weighted by Gasteiger charge is -2.24. The zero-order valence-electron chi connectivity index (χ0n) is 15.9. The van der Waals surface area contributed by atoms with Gasteiger partial charge in [-0.1, -0.05) is 36.7 Å². The molecule has 0 radical (unpaired) electrons. The molecule has 0 bridgehead atoms. The summed E-state index contributed by atoms with van der Waals surface area (Å²) >= 11 is 1.37. The molecule has 2 aromatic rings. The first kappa shape index (κ1) is 19.0. The number of fused-ring (bicyclic) bond motifs is 1. The number of aromatic nitrogens is 2. The smallest absolute Gasteiger partial charge is 0.262 e. The molecular weight excluding hydrogens is 346 g/mol. The Hall–Kier alpha value is -1.82. The van der Waals surface area contributed by atoms with Crippen LogP contribution in [0.2, 0.25) is 0 Å². The number of rotatable bonds is 4. The van der Waals surface area contributed by atoms with Crippen LogP contribution in [0, 0.1) is 0 Å². The Morgan fingerprint density at radius 1 is 1.27 bits per heavy atom. The molecule has 1 aromatic carbocycles. The fourth-order valence-electron chi connectivity index (χ4n) is 3.38. The Balaban J connectivity index is 1.99. The predicted molar refractivity (Wildman–Crippen MR) is 107 cm³/mol. The standard InChI is InChI=1S/C20H27N3O2S/c1-13(17(24)22-20(2,3)4)26-19-21-16-12-8-7-11-15(16)18(25)23(19)14-9-5-6-10-14/h7-8,11-14H,5-6,9-10H2,1-4H3,(H,22,24)/t13-/m0/s1. The second-order valence-electron chi connectivity index (χ2n) is 8.02. The van der Waals surface area contributed by atoms with E-state index in [4.69, 9.17) is 4.98 Å². The highest BCUT2D eigenvalue weighted by atomic mass is 32.2. The molecule has 1 heterocycles. The SMILES string of the molecule is C[C@H](Sc1nc2ccccc2c(=O)n1C1CCCC1)C(=O)NC(C)(C)C. The van der Waals surface area contributed by atoms with Crippen LogP contribution in [0.25, 0.3) is 10.9 Å². The van der Waals surface area contributed by atoms with Gasteiger partial charge >= 0.3 is 0 Å². The van der Waals surface area contributed by atoms with Gasteiger partial charge in [0.15, 0.2) is 5.16 Å². The van der Waals surface area contributed by atoms with E-state index in [-0.39, 0.29) is 28.3 Å². The summed E-state index contributed by atoms with van der Waals surface area (Å²) in [5.74, 6) is -0.0390. The molecule has 5 nitrogen and oxygen atoms in total. The molecule has 0 saturated heterocycles. The number of amides is 1. The normalized spacial score (nSPS) is 16.8. The molecule has 1 fully saturated rings. The number of nitrogens with zero attached hydrogens (tertiary/aromatic N) is 2. The minimum atomic E-state index is -0.324. The minimum Gasteiger partial charge on any atom is -0.351 e. The molecule has 140 valence electrons. The predicted octanol–water partition coefficient (Wildman–Crippen LogP) is 3.91. The average Bonchev–Trinajstić information content (AvgIpc) is 3.07. The fraction of sp³-hybridized carbons (Fsp3) is 0.550. The average molecular weight is 374 g/mol. The van der Waals surface area contributed by atoms with Crippen molar-refractivity contribution in [1.29, 1.82) is 0 Å². The molecule has 1 aromatic heterocycles. The minimum absolute atomic E-state index is 0.00781. The summed E-state index contributed by atoms with van der Waals surface area (Å²) in [7, 11) is 0. The van der Waals surface area contributed by atoms with Gasteiger partial charge in [-0.2, -0.15) is 0 Å². The van der Waals surface area contributed by atoms with Crippen molar-refractivity contribution in [3.8, 4) is 0 Å². The molecule has 1 amide bonds. The van der Waals surface area contributed by atoms with E-state index >= 15 is 0 Å². The highest BCUT2D eigenvalue weighted by Crippen LogP contribution is 2.33. The van der Waals surface area contributed by atoms with E-state index in [1.165, 1.54) is 11.8 Å². The van der Waals surface area contributed by atoms with Gasteiger partial charge < -0.3 is 5.32 Å². The highest BCUT2D eigenvalue weighted by molar-refractivity contribution is 8.00. The second kappa shape index (κ2) is 7.43. The number of carbonyl (C=O) groups excluding carboxylic acids is 1. The lowest BCUT2D eigenvalue weighted by atomic mass is 10.1. The maximum atomic E-state index is 13.1. The van der Waals surface area contributed by atoms with Gasteiger partial charge in [-0.15, -0.1) is 0 Å². The third-order valence-corrected chi connectivity index (χ3v) is 5.68. The van der Waals surface area contributed by atoms with Gasteiger partial charge in [-0.05, 0) is 52.7 Å². The summed E-state index contributed by atoms with van der Waals surface area (Å²) in [5.41, 5.74) is 0.416. The topological polar surface area (TPSA) is 64.0 Å². The molecule has 1 N–H and O–H groups in total. The molecular formula is C20H27N3O2S. The zero-order chi connectivity index (χ0) is 18.9. The van der Waals surface area contributed by atoms with Gasteiger partial charge in [0.1, 0.15) is 0 Å². The first-order valence-electron chi connectivity index (χ1n) is 9.26. The molecule has 26 heavy (non-hydrogen) atoms. The van der Waals surface area contributed by atoms with E-state index in [0.717, 1.165) is 25.7 Å². The van der Waals surface area contributed by atoms with Crippen molar-refractivity contribution in [3.63, 3.8) is 0 Å². The molecule has 0 aliphatic heterocycles. The first-order chi connectivity index (χ1) is 12.3. The summed E-state index contributed by atoms with van der Waals surface area (Å²) in [6.07, 6.45) is 4.26. The van der Waals surface area contributed by atoms with Crippen LogP contribution in [0.5, 0.6) is 0 Å². The van der Waals surface area contributed by atoms with E-state index < -0.39 is 0 Å². The Bertz CT molecular complexity index is 863. The molecule has 3 rings (SSSR count). The van der Waals surface area contributed by atoms with Crippen molar-refractivity contribution in [2.45, 2.75) is 75.4 Å². The Morgan fingerprint density at radius 2 is 1.92 bits per heavy atom. The molecule has 1 saturated carbocycles. The number of para-hydroxylation sites is 1. The molecule has 1 aliphatic rings. The summed E-state index contributed by atoms with van der Waals surface area (Å²) in [5, 5.41) is 3.98. The van der Waals surface area contributed by atoms with Gasteiger partial charge in [0.25, 0.3) is 5.56 Å². The largest absolute Gasteiger partial charge is 0.351 e. The van der Waals surface area contributed by atoms with Gasteiger partial charge in [-0.3, -0.25) is 14.2 Å². The molecule has 1 atom stereocenters. The lowest BCUT2D eigenvalue weighted by Crippen LogP contribution is -2.44. The van der Waals surface area contributed by atoms with Crippen LogP contribution in [0.3, 0.4) is 0 Å². The van der Waals surface area contributed by atoms with Crippen LogP contribution in [0.4, 0.5) is 0 Å². The monoisotopic (exact) mass is 373 g/mol. The summed E-state index contributed by atoms with van der Waals surface area (Å²) in [4.78, 5) is 30.4. The first-order valence-corrected chi connectivity index (χ1v) is 10.1. The zero-order valence-corrected chi connectivity index (χ0v) is 16.7. The summed E-state index contributed by atoms with van der Waals surface area (Å²) in [6, 6.07) is 7.63. The maximum absolute atomic E-state index is 13.1. The third kappa shape index (κ3) is 4.11. The van der Waals surface area contributed by atoms with Crippen LogP contribution >= 0.6 is 11.8 Å². The van der Waals surface area contributed by atoms with E-state index in [1.807, 2.05) is 56.5 Å². The fourth-order valence-corrected chi connectivity index (χ4v) is 4.35. The second-order valence-corrected chi connectivity index (χ2v) is 9.33. The van der Waals surface area contributed by atoms with Gasteiger partial charge in [-0.25, -0.2) is 4.98 Å². The number of benzene rings is 1. The quantitative estimate of drug-likeness (QED) is 0.652. The van der Waals surface area contributed by atoms with Crippen molar-refractivity contribution >= 4 is 28.6 Å². The van der Waals surface area contributed by atoms with E-state index in [1.54, 1.807) is 0 Å². The Labute approximate surface area is 158 Å². The summed E-state index contributed by atoms with van der Waals surface area (Å²) in [6.45, 7) is 7.76. The van der Waals surface area contributed by atoms with Crippen molar-refractivity contribution < 1.29 is 4.79 Å². The van der Waals surface area contributed by atoms with E-state index in [9.17, 15) is 9.59 Å². The Morgan fingerprint density at radius 3 is 2.58 bits per heavy atom. The molecule has 1 aliphatic carbocycles. The van der Waals surface area contributed by atoms with Gasteiger partial charge in [0.2, 0.25) is 5.91 Å². The lowest BCUT2D eigenvalue weighted by molar-refractivity contribution is -0.121.